The summed E-state index contributed by atoms with van der Waals surface area (Å²) in [5.74, 6) is 0.341. The average Bonchev–Trinajstić information content (AvgIpc) is 2.69. The van der Waals surface area contributed by atoms with E-state index < -0.39 is 17.8 Å². The highest BCUT2D eigenvalue weighted by atomic mass is 19.4. The van der Waals surface area contributed by atoms with Crippen molar-refractivity contribution in [1.82, 2.24) is 9.97 Å². The van der Waals surface area contributed by atoms with Crippen molar-refractivity contribution in [3.63, 3.8) is 0 Å². The molecule has 0 bridgehead atoms. The summed E-state index contributed by atoms with van der Waals surface area (Å²) in [5.41, 5.74) is 0.0274. The van der Waals surface area contributed by atoms with Crippen molar-refractivity contribution in [2.45, 2.75) is 6.18 Å². The number of carbonyl (C=O) groups excluding carboxylic acids is 1. The van der Waals surface area contributed by atoms with Crippen LogP contribution in [-0.4, -0.2) is 16.0 Å². The van der Waals surface area contributed by atoms with Gasteiger partial charge >= 0.3 is 12.2 Å². The first-order chi connectivity index (χ1) is 13.8. The van der Waals surface area contributed by atoms with Crippen molar-refractivity contribution in [2.75, 3.05) is 10.6 Å². The van der Waals surface area contributed by atoms with Gasteiger partial charge in [0, 0.05) is 5.69 Å². The minimum atomic E-state index is -4.43. The van der Waals surface area contributed by atoms with Crippen LogP contribution in [0, 0.1) is 11.3 Å². The number of nitrogens with one attached hydrogen (secondary N) is 2. The van der Waals surface area contributed by atoms with Gasteiger partial charge in [0.2, 0.25) is 5.95 Å². The standard InChI is InChI=1S/C19H12F3N5O2/c20-19(21,22)13-4-6-15(7-5-13)29-16-10-24-17(25-11-16)27-18(28)26-14-3-1-2-12(8-14)9-23/h1-8,10-11H,(H2,24,25,26,27,28). The Morgan fingerprint density at radius 1 is 1.00 bits per heavy atom. The van der Waals surface area contributed by atoms with Gasteiger partial charge in [0.15, 0.2) is 5.75 Å². The van der Waals surface area contributed by atoms with Crippen LogP contribution in [0.5, 0.6) is 11.5 Å². The molecule has 1 aromatic heterocycles. The lowest BCUT2D eigenvalue weighted by Gasteiger charge is -2.09. The van der Waals surface area contributed by atoms with E-state index in [0.29, 0.717) is 11.3 Å². The minimum absolute atomic E-state index is 0.0151. The predicted molar refractivity (Wildman–Crippen MR) is 97.3 cm³/mol. The second-order valence-corrected chi connectivity index (χ2v) is 5.64. The number of rotatable bonds is 4. The number of ether oxygens (including phenoxy) is 1. The van der Waals surface area contributed by atoms with Gasteiger partial charge in [-0.3, -0.25) is 5.32 Å². The summed E-state index contributed by atoms with van der Waals surface area (Å²) >= 11 is 0. The summed E-state index contributed by atoms with van der Waals surface area (Å²) in [7, 11) is 0. The first-order valence-corrected chi connectivity index (χ1v) is 8.09. The molecule has 0 saturated carbocycles. The molecular formula is C19H12F3N5O2. The highest BCUT2D eigenvalue weighted by Gasteiger charge is 2.30. The molecule has 0 aliphatic carbocycles. The zero-order valence-electron chi connectivity index (χ0n) is 14.6. The maximum atomic E-state index is 12.6. The summed E-state index contributed by atoms with van der Waals surface area (Å²) < 4.78 is 43.0. The fourth-order valence-electron chi connectivity index (χ4n) is 2.21. The minimum Gasteiger partial charge on any atom is -0.454 e. The number of alkyl halides is 3. The molecule has 2 aromatic carbocycles. The summed E-state index contributed by atoms with van der Waals surface area (Å²) in [6.45, 7) is 0. The molecule has 0 aliphatic rings. The monoisotopic (exact) mass is 399 g/mol. The first-order valence-electron chi connectivity index (χ1n) is 8.09. The number of halogens is 3. The highest BCUT2D eigenvalue weighted by molar-refractivity contribution is 5.98. The van der Waals surface area contributed by atoms with E-state index in [2.05, 4.69) is 20.6 Å². The molecule has 0 spiro atoms. The number of hydrogen-bond donors (Lipinski definition) is 2. The molecule has 2 amide bonds. The normalized spacial score (nSPS) is 10.7. The van der Waals surface area contributed by atoms with Gasteiger partial charge in [0.25, 0.3) is 0 Å². The van der Waals surface area contributed by atoms with Crippen molar-refractivity contribution in [1.29, 1.82) is 5.26 Å². The summed E-state index contributed by atoms with van der Waals surface area (Å²) in [5, 5.41) is 13.8. The smallest absolute Gasteiger partial charge is 0.416 e. The van der Waals surface area contributed by atoms with Gasteiger partial charge in [-0.2, -0.15) is 18.4 Å². The summed E-state index contributed by atoms with van der Waals surface area (Å²) in [4.78, 5) is 19.8. The van der Waals surface area contributed by atoms with E-state index in [-0.39, 0.29) is 17.4 Å². The lowest BCUT2D eigenvalue weighted by molar-refractivity contribution is -0.137. The molecule has 2 N–H and O–H groups in total. The highest BCUT2D eigenvalue weighted by Crippen LogP contribution is 2.31. The number of nitrogens with zero attached hydrogens (tertiary/aromatic N) is 3. The van der Waals surface area contributed by atoms with E-state index in [1.807, 2.05) is 6.07 Å². The molecule has 29 heavy (non-hydrogen) atoms. The Morgan fingerprint density at radius 3 is 2.31 bits per heavy atom. The van der Waals surface area contributed by atoms with Crippen LogP contribution in [0.2, 0.25) is 0 Å². The molecule has 0 aliphatic heterocycles. The molecule has 3 aromatic rings. The summed E-state index contributed by atoms with van der Waals surface area (Å²) in [6, 6.07) is 11.8. The van der Waals surface area contributed by atoms with Crippen LogP contribution in [0.1, 0.15) is 11.1 Å². The van der Waals surface area contributed by atoms with Crippen LogP contribution < -0.4 is 15.4 Å². The number of aromatic nitrogens is 2. The SMILES string of the molecule is N#Cc1cccc(NC(=O)Nc2ncc(Oc3ccc(C(F)(F)F)cc3)cn2)c1. The topological polar surface area (TPSA) is 99.9 Å². The molecule has 0 saturated heterocycles. The van der Waals surface area contributed by atoms with Crippen molar-refractivity contribution in [2.24, 2.45) is 0 Å². The third kappa shape index (κ3) is 5.43. The predicted octanol–water partition coefficient (Wildman–Crippen LogP) is 4.80. The molecule has 3 rings (SSSR count). The van der Waals surface area contributed by atoms with Gasteiger partial charge in [-0.15, -0.1) is 0 Å². The van der Waals surface area contributed by atoms with Gasteiger partial charge in [0.1, 0.15) is 5.75 Å². The second kappa shape index (κ2) is 8.26. The fourth-order valence-corrected chi connectivity index (χ4v) is 2.21. The first kappa shape index (κ1) is 19.6. The number of anilines is 2. The lowest BCUT2D eigenvalue weighted by Crippen LogP contribution is -2.20. The zero-order valence-corrected chi connectivity index (χ0v) is 14.6. The van der Waals surface area contributed by atoms with Gasteiger partial charge < -0.3 is 10.1 Å². The van der Waals surface area contributed by atoms with Crippen LogP contribution >= 0.6 is 0 Å². The van der Waals surface area contributed by atoms with Crippen LogP contribution in [0.15, 0.2) is 60.9 Å². The second-order valence-electron chi connectivity index (χ2n) is 5.64. The van der Waals surface area contributed by atoms with Crippen LogP contribution in [0.4, 0.5) is 29.6 Å². The van der Waals surface area contributed by atoms with E-state index in [0.717, 1.165) is 12.1 Å². The van der Waals surface area contributed by atoms with Gasteiger partial charge in [-0.05, 0) is 42.5 Å². The molecule has 0 unspecified atom stereocenters. The largest absolute Gasteiger partial charge is 0.454 e. The molecule has 0 fully saturated rings. The maximum absolute atomic E-state index is 12.6. The van der Waals surface area contributed by atoms with E-state index >= 15 is 0 Å². The zero-order chi connectivity index (χ0) is 20.9. The number of hydrogen-bond acceptors (Lipinski definition) is 5. The number of nitriles is 1. The Balaban J connectivity index is 1.58. The molecule has 146 valence electrons. The number of amides is 2. The van der Waals surface area contributed by atoms with Crippen molar-refractivity contribution in [3.05, 3.63) is 72.1 Å². The number of carbonyl (C=O) groups is 1. The lowest BCUT2D eigenvalue weighted by atomic mass is 10.2. The Bertz CT molecular complexity index is 1050. The van der Waals surface area contributed by atoms with Crippen LogP contribution in [0.25, 0.3) is 0 Å². The van der Waals surface area contributed by atoms with E-state index in [4.69, 9.17) is 10.00 Å². The molecule has 0 radical (unpaired) electrons. The van der Waals surface area contributed by atoms with Gasteiger partial charge in [-0.25, -0.2) is 14.8 Å². The van der Waals surface area contributed by atoms with Gasteiger partial charge in [0.05, 0.1) is 29.6 Å². The average molecular weight is 399 g/mol. The van der Waals surface area contributed by atoms with Crippen LogP contribution in [0.3, 0.4) is 0 Å². The van der Waals surface area contributed by atoms with E-state index in [1.165, 1.54) is 30.6 Å². The molecule has 7 nitrogen and oxygen atoms in total. The molecule has 0 atom stereocenters. The Labute approximate surface area is 162 Å². The Kier molecular flexibility index (Phi) is 5.59. The van der Waals surface area contributed by atoms with Crippen molar-refractivity contribution < 1.29 is 22.7 Å². The number of urea groups is 1. The van der Waals surface area contributed by atoms with Crippen molar-refractivity contribution >= 4 is 17.7 Å². The van der Waals surface area contributed by atoms with E-state index in [1.54, 1.807) is 18.2 Å². The van der Waals surface area contributed by atoms with Gasteiger partial charge in [-0.1, -0.05) is 6.07 Å². The quantitative estimate of drug-likeness (QED) is 0.656. The van der Waals surface area contributed by atoms with Crippen molar-refractivity contribution in [3.8, 4) is 17.6 Å². The summed E-state index contributed by atoms with van der Waals surface area (Å²) in [6.07, 6.45) is -1.90. The molecule has 1 heterocycles. The third-order valence-electron chi connectivity index (χ3n) is 3.52. The Hall–Kier alpha value is -4.13. The molecular weight excluding hydrogens is 387 g/mol. The Morgan fingerprint density at radius 2 is 1.69 bits per heavy atom. The van der Waals surface area contributed by atoms with Crippen LogP contribution in [-0.2, 0) is 6.18 Å². The fraction of sp³-hybridized carbons (Fsp3) is 0.0526. The number of benzene rings is 2. The van der Waals surface area contributed by atoms with E-state index in [9.17, 15) is 18.0 Å². The third-order valence-corrected chi connectivity index (χ3v) is 3.52. The molecule has 10 heteroatoms. The maximum Gasteiger partial charge on any atom is 0.416 e.